The third-order valence-corrected chi connectivity index (χ3v) is 11.8. The molecule has 1 fully saturated rings. The van der Waals surface area contributed by atoms with Gasteiger partial charge in [-0.2, -0.15) is 0 Å². The molecule has 11 heteroatoms. The number of carbonyl (C=O) groups excluding carboxylic acids is 2. The Morgan fingerprint density at radius 1 is 0.569 bits per heavy atom. The van der Waals surface area contributed by atoms with E-state index in [1.807, 2.05) is 18.2 Å². The van der Waals surface area contributed by atoms with E-state index in [1.165, 1.54) is 89.9 Å². The highest BCUT2D eigenvalue weighted by Crippen LogP contribution is 2.22. The summed E-state index contributed by atoms with van der Waals surface area (Å²) in [5.74, 6) is -0.322. The van der Waals surface area contributed by atoms with Gasteiger partial charge in [-0.3, -0.25) is 9.59 Å². The van der Waals surface area contributed by atoms with E-state index in [-0.39, 0.29) is 24.9 Å². The van der Waals surface area contributed by atoms with Crippen LogP contribution in [0.1, 0.15) is 206 Å². The van der Waals surface area contributed by atoms with Gasteiger partial charge in [0.25, 0.3) is 0 Å². The lowest BCUT2D eigenvalue weighted by Crippen LogP contribution is -2.60. The molecule has 0 aromatic rings. The summed E-state index contributed by atoms with van der Waals surface area (Å²) in [5, 5.41) is 54.1. The van der Waals surface area contributed by atoms with Crippen molar-refractivity contribution in [2.75, 3.05) is 19.8 Å². The van der Waals surface area contributed by atoms with Crippen molar-refractivity contribution in [2.45, 2.75) is 249 Å². The van der Waals surface area contributed by atoms with Gasteiger partial charge in [0, 0.05) is 12.8 Å². The van der Waals surface area contributed by atoms with Crippen molar-refractivity contribution in [1.82, 2.24) is 5.32 Å². The summed E-state index contributed by atoms with van der Waals surface area (Å²) < 4.78 is 16.6. The highest BCUT2D eigenvalue weighted by Gasteiger charge is 2.44. The molecule has 65 heavy (non-hydrogen) atoms. The number of amides is 1. The fraction of sp³-hybridized carbons (Fsp3) is 0.778. The smallest absolute Gasteiger partial charge is 0.305 e. The van der Waals surface area contributed by atoms with Gasteiger partial charge in [-0.15, -0.1) is 0 Å². The predicted molar refractivity (Wildman–Crippen MR) is 264 cm³/mol. The number of carbonyl (C=O) groups is 2. The van der Waals surface area contributed by atoms with Gasteiger partial charge < -0.3 is 45.1 Å². The number of aliphatic hydroxyl groups is 5. The SMILES string of the molecule is CCC/C=C\C/C=C\CCCCCCCC(=O)OCCCCCCCC/C=C\C/C=C\CCC(=O)NC(COC1OC(CO)C(O)C(O)C1O)C(O)/C=C/CCCCCCCCCCC. The first kappa shape index (κ1) is 60.4. The summed E-state index contributed by atoms with van der Waals surface area (Å²) in [6.45, 7) is 4.14. The van der Waals surface area contributed by atoms with Crippen molar-refractivity contribution in [2.24, 2.45) is 0 Å². The minimum atomic E-state index is -1.59. The quantitative estimate of drug-likeness (QED) is 0.0196. The minimum absolute atomic E-state index is 0.0560. The van der Waals surface area contributed by atoms with Gasteiger partial charge in [0.15, 0.2) is 6.29 Å². The second-order valence-electron chi connectivity index (χ2n) is 17.9. The molecule has 0 spiro atoms. The minimum Gasteiger partial charge on any atom is -0.466 e. The topological polar surface area (TPSA) is 175 Å². The summed E-state index contributed by atoms with van der Waals surface area (Å²) in [6, 6.07) is -0.855. The lowest BCUT2D eigenvalue weighted by Gasteiger charge is -2.40. The van der Waals surface area contributed by atoms with Gasteiger partial charge in [-0.05, 0) is 77.0 Å². The van der Waals surface area contributed by atoms with Crippen molar-refractivity contribution in [1.29, 1.82) is 0 Å². The molecule has 0 aliphatic carbocycles. The van der Waals surface area contributed by atoms with Gasteiger partial charge >= 0.3 is 5.97 Å². The Kier molecular flexibility index (Phi) is 40.8. The van der Waals surface area contributed by atoms with Crippen LogP contribution >= 0.6 is 0 Å². The standard InChI is InChI=1S/C54H95NO10/c1-3-5-7-9-11-13-15-17-22-26-30-34-38-42-50(59)63-43-39-35-31-27-23-19-16-18-21-25-29-33-37-41-49(58)55-46(45-64-54-53(62)52(61)51(60)48(44-56)65-54)47(57)40-36-32-28-24-20-14-12-10-8-6-4-2/h7,9,13,15,18,21,29,33,36,40,46-48,51-54,56-57,60-62H,3-6,8,10-12,14,16-17,19-20,22-28,30-32,34-35,37-39,41-45H2,1-2H3,(H,55,58)/b9-7-,15-13-,21-18-,33-29-,40-36+. The van der Waals surface area contributed by atoms with Crippen LogP contribution in [-0.4, -0.2) is 100 Å². The van der Waals surface area contributed by atoms with Crippen molar-refractivity contribution in [3.63, 3.8) is 0 Å². The third-order valence-electron chi connectivity index (χ3n) is 11.8. The Bertz CT molecular complexity index is 1270. The van der Waals surface area contributed by atoms with Gasteiger partial charge in [-0.25, -0.2) is 0 Å². The molecule has 1 aliphatic heterocycles. The molecule has 6 N–H and O–H groups in total. The molecule has 1 rings (SSSR count). The number of aliphatic hydroxyl groups excluding tert-OH is 5. The van der Waals surface area contributed by atoms with Crippen LogP contribution in [0.2, 0.25) is 0 Å². The number of nitrogens with one attached hydrogen (secondary N) is 1. The molecule has 0 aromatic carbocycles. The molecule has 0 radical (unpaired) electrons. The van der Waals surface area contributed by atoms with E-state index in [9.17, 15) is 35.1 Å². The van der Waals surface area contributed by atoms with Crippen molar-refractivity contribution >= 4 is 11.9 Å². The van der Waals surface area contributed by atoms with Crippen LogP contribution < -0.4 is 5.32 Å². The van der Waals surface area contributed by atoms with Crippen LogP contribution in [0.25, 0.3) is 0 Å². The molecule has 0 aromatic heterocycles. The van der Waals surface area contributed by atoms with Crippen molar-refractivity contribution in [3.05, 3.63) is 60.8 Å². The van der Waals surface area contributed by atoms with Crippen LogP contribution in [0, 0.1) is 0 Å². The van der Waals surface area contributed by atoms with Crippen molar-refractivity contribution in [3.8, 4) is 0 Å². The monoisotopic (exact) mass is 918 g/mol. The first-order valence-electron chi connectivity index (χ1n) is 26.1. The molecule has 1 amide bonds. The number of hydrogen-bond donors (Lipinski definition) is 6. The number of hydrogen-bond acceptors (Lipinski definition) is 10. The fourth-order valence-corrected chi connectivity index (χ4v) is 7.64. The maximum absolute atomic E-state index is 12.9. The second-order valence-corrected chi connectivity index (χ2v) is 17.9. The molecule has 7 unspecified atom stereocenters. The Morgan fingerprint density at radius 2 is 1.08 bits per heavy atom. The average Bonchev–Trinajstić information content (AvgIpc) is 3.30. The normalized spacial score (nSPS) is 20.3. The number of unbranched alkanes of at least 4 members (excludes halogenated alkanes) is 21. The van der Waals surface area contributed by atoms with Crippen LogP contribution in [0.15, 0.2) is 60.8 Å². The van der Waals surface area contributed by atoms with E-state index < -0.39 is 49.5 Å². The van der Waals surface area contributed by atoms with Gasteiger partial charge in [0.2, 0.25) is 5.91 Å². The zero-order valence-electron chi connectivity index (χ0n) is 40.9. The summed E-state index contributed by atoms with van der Waals surface area (Å²) >= 11 is 0. The predicted octanol–water partition coefficient (Wildman–Crippen LogP) is 10.7. The first-order chi connectivity index (χ1) is 31.7. The Hall–Kier alpha value is -2.64. The van der Waals surface area contributed by atoms with E-state index in [4.69, 9.17) is 14.2 Å². The summed E-state index contributed by atoms with van der Waals surface area (Å²) in [7, 11) is 0. The van der Waals surface area contributed by atoms with E-state index in [1.54, 1.807) is 6.08 Å². The second kappa shape index (κ2) is 43.9. The molecule has 0 saturated carbocycles. The molecule has 376 valence electrons. The lowest BCUT2D eigenvalue weighted by molar-refractivity contribution is -0.302. The van der Waals surface area contributed by atoms with Crippen LogP contribution in [0.4, 0.5) is 0 Å². The molecule has 11 nitrogen and oxygen atoms in total. The Morgan fingerprint density at radius 3 is 1.65 bits per heavy atom. The maximum atomic E-state index is 12.9. The Labute approximate surface area is 395 Å². The third kappa shape index (κ3) is 34.3. The van der Waals surface area contributed by atoms with E-state index in [2.05, 4.69) is 55.6 Å². The number of esters is 1. The Balaban J connectivity index is 2.22. The summed E-state index contributed by atoms with van der Waals surface area (Å²) in [5.41, 5.74) is 0. The molecule has 1 heterocycles. The molecule has 7 atom stereocenters. The van der Waals surface area contributed by atoms with Crippen LogP contribution in [0.3, 0.4) is 0 Å². The highest BCUT2D eigenvalue weighted by molar-refractivity contribution is 5.76. The van der Waals surface area contributed by atoms with Crippen LogP contribution in [0.5, 0.6) is 0 Å². The van der Waals surface area contributed by atoms with Gasteiger partial charge in [-0.1, -0.05) is 177 Å². The van der Waals surface area contributed by atoms with Gasteiger partial charge in [0.05, 0.1) is 32.0 Å². The summed E-state index contributed by atoms with van der Waals surface area (Å²) in [6.07, 6.45) is 44.5. The van der Waals surface area contributed by atoms with Crippen molar-refractivity contribution < 1.29 is 49.3 Å². The molecule has 0 bridgehead atoms. The molecular formula is C54H95NO10. The highest BCUT2D eigenvalue weighted by atomic mass is 16.7. The van der Waals surface area contributed by atoms with E-state index in [0.29, 0.717) is 19.4 Å². The molecule has 1 aliphatic rings. The van der Waals surface area contributed by atoms with Gasteiger partial charge in [0.1, 0.15) is 24.4 Å². The zero-order valence-corrected chi connectivity index (χ0v) is 40.9. The fourth-order valence-electron chi connectivity index (χ4n) is 7.64. The van der Waals surface area contributed by atoms with Crippen LogP contribution in [-0.2, 0) is 23.8 Å². The number of allylic oxidation sites excluding steroid dienone is 9. The molecular weight excluding hydrogens is 823 g/mol. The zero-order chi connectivity index (χ0) is 47.4. The largest absolute Gasteiger partial charge is 0.466 e. The lowest BCUT2D eigenvalue weighted by atomic mass is 9.99. The summed E-state index contributed by atoms with van der Waals surface area (Å²) in [4.78, 5) is 25.0. The average molecular weight is 918 g/mol. The maximum Gasteiger partial charge on any atom is 0.305 e. The van der Waals surface area contributed by atoms with E-state index in [0.717, 1.165) is 83.5 Å². The van der Waals surface area contributed by atoms with E-state index >= 15 is 0 Å². The molecule has 1 saturated heterocycles. The number of ether oxygens (including phenoxy) is 3. The number of rotatable bonds is 43. The first-order valence-corrected chi connectivity index (χ1v) is 26.1.